The maximum atomic E-state index is 5.41. The second-order valence-corrected chi connectivity index (χ2v) is 15.4. The molecule has 0 aliphatic heterocycles. The van der Waals surface area contributed by atoms with Crippen LogP contribution < -0.4 is 0 Å². The molecule has 12 rings (SSSR count). The largest absolute Gasteiger partial charge is 0.307 e. The van der Waals surface area contributed by atoms with Crippen LogP contribution in [0.15, 0.2) is 218 Å². The van der Waals surface area contributed by atoms with E-state index in [-0.39, 0.29) is 0 Å². The molecule has 0 spiro atoms. The van der Waals surface area contributed by atoms with Crippen LogP contribution in [0.3, 0.4) is 0 Å². The Bertz CT molecular complexity index is 3630. The van der Waals surface area contributed by atoms with Gasteiger partial charge >= 0.3 is 0 Å². The number of aromatic nitrogens is 6. The zero-order valence-corrected chi connectivity index (χ0v) is 33.5. The Kier molecular flexibility index (Phi) is 8.38. The number of fused-ring (bicyclic) bond motifs is 7. The van der Waals surface area contributed by atoms with Crippen molar-refractivity contribution in [2.45, 2.75) is 0 Å². The third-order valence-electron chi connectivity index (χ3n) is 11.8. The van der Waals surface area contributed by atoms with Gasteiger partial charge in [-0.05, 0) is 42.0 Å². The van der Waals surface area contributed by atoms with Gasteiger partial charge in [-0.1, -0.05) is 182 Å². The number of hydrogen-bond acceptors (Lipinski definition) is 4. The molecular formula is C56H36N6. The first-order chi connectivity index (χ1) is 30.8. The standard InChI is InChI=1S/C56H36N6/c1-4-18-37(19-5-1)42-26-10-13-31-49(42)61-50-32-14-11-27-43(50)45-34-35-46-44-28-12-15-33-51(44)62(53(46)52(45)61)56-59-54(39-22-8-3-9-23-39)58-55(60-56)41-25-16-24-40(36-41)48-30-17-29-47(57-48)38-20-6-2-7-21-38/h1-36H. The summed E-state index contributed by atoms with van der Waals surface area (Å²) in [5.41, 5.74) is 13.2. The van der Waals surface area contributed by atoms with Crippen LogP contribution in [0.4, 0.5) is 0 Å². The van der Waals surface area contributed by atoms with E-state index in [1.54, 1.807) is 0 Å². The minimum absolute atomic E-state index is 0.537. The molecule has 62 heavy (non-hydrogen) atoms. The average molecular weight is 793 g/mol. The Labute approximate surface area is 357 Å². The summed E-state index contributed by atoms with van der Waals surface area (Å²) in [6.07, 6.45) is 0. The van der Waals surface area contributed by atoms with Crippen molar-refractivity contribution in [3.63, 3.8) is 0 Å². The monoisotopic (exact) mass is 792 g/mol. The van der Waals surface area contributed by atoms with E-state index in [0.29, 0.717) is 17.6 Å². The van der Waals surface area contributed by atoms with Crippen LogP contribution in [-0.2, 0) is 0 Å². The van der Waals surface area contributed by atoms with E-state index in [4.69, 9.17) is 19.9 Å². The molecule has 0 amide bonds. The zero-order valence-electron chi connectivity index (χ0n) is 33.5. The molecule has 4 heterocycles. The molecule has 8 aromatic carbocycles. The quantitative estimate of drug-likeness (QED) is 0.161. The van der Waals surface area contributed by atoms with Crippen LogP contribution in [0.2, 0.25) is 0 Å². The van der Waals surface area contributed by atoms with Crippen molar-refractivity contribution in [1.29, 1.82) is 0 Å². The van der Waals surface area contributed by atoms with Gasteiger partial charge in [0.2, 0.25) is 5.95 Å². The molecule has 0 aliphatic carbocycles. The predicted molar refractivity (Wildman–Crippen MR) is 253 cm³/mol. The van der Waals surface area contributed by atoms with Crippen molar-refractivity contribution in [2.24, 2.45) is 0 Å². The Morgan fingerprint density at radius 1 is 0.290 bits per heavy atom. The molecule has 12 aromatic rings. The summed E-state index contributed by atoms with van der Waals surface area (Å²) >= 11 is 0. The van der Waals surface area contributed by atoms with E-state index in [1.165, 1.54) is 5.39 Å². The summed E-state index contributed by atoms with van der Waals surface area (Å²) < 4.78 is 4.69. The van der Waals surface area contributed by atoms with Crippen LogP contribution >= 0.6 is 0 Å². The lowest BCUT2D eigenvalue weighted by molar-refractivity contribution is 0.953. The maximum Gasteiger partial charge on any atom is 0.238 e. The van der Waals surface area contributed by atoms with Crippen LogP contribution in [0, 0.1) is 0 Å². The van der Waals surface area contributed by atoms with Crippen LogP contribution in [0.1, 0.15) is 0 Å². The molecule has 0 atom stereocenters. The number of rotatable bonds is 7. The normalized spacial score (nSPS) is 11.5. The molecule has 290 valence electrons. The predicted octanol–water partition coefficient (Wildman–Crippen LogP) is 13.8. The number of para-hydroxylation sites is 3. The molecule has 0 saturated carbocycles. The van der Waals surface area contributed by atoms with Gasteiger partial charge < -0.3 is 4.57 Å². The number of benzene rings is 8. The average Bonchev–Trinajstić information content (AvgIpc) is 3.88. The van der Waals surface area contributed by atoms with Gasteiger partial charge in [-0.25, -0.2) is 9.97 Å². The molecular weight excluding hydrogens is 757 g/mol. The molecule has 6 heteroatoms. The topological polar surface area (TPSA) is 61.4 Å². The van der Waals surface area contributed by atoms with Gasteiger partial charge in [0.25, 0.3) is 0 Å². The highest BCUT2D eigenvalue weighted by Gasteiger charge is 2.24. The van der Waals surface area contributed by atoms with Crippen molar-refractivity contribution >= 4 is 43.6 Å². The van der Waals surface area contributed by atoms with Crippen molar-refractivity contribution in [1.82, 2.24) is 29.1 Å². The third-order valence-corrected chi connectivity index (χ3v) is 11.8. The summed E-state index contributed by atoms with van der Waals surface area (Å²) in [5, 5.41) is 4.55. The highest BCUT2D eigenvalue weighted by molar-refractivity contribution is 6.24. The van der Waals surface area contributed by atoms with Crippen molar-refractivity contribution < 1.29 is 0 Å². The Morgan fingerprint density at radius 3 is 1.47 bits per heavy atom. The molecule has 0 saturated heterocycles. The van der Waals surface area contributed by atoms with Gasteiger partial charge in [0, 0.05) is 49.4 Å². The molecule has 0 bridgehead atoms. The zero-order chi connectivity index (χ0) is 41.0. The second kappa shape index (κ2) is 14.7. The Balaban J connectivity index is 1.14. The summed E-state index contributed by atoms with van der Waals surface area (Å²) in [7, 11) is 0. The van der Waals surface area contributed by atoms with Crippen LogP contribution in [0.5, 0.6) is 0 Å². The van der Waals surface area contributed by atoms with Crippen LogP contribution in [-0.4, -0.2) is 29.1 Å². The first-order valence-electron chi connectivity index (χ1n) is 20.8. The van der Waals surface area contributed by atoms with E-state index < -0.39 is 0 Å². The number of hydrogen-bond donors (Lipinski definition) is 0. The third kappa shape index (κ3) is 5.88. The van der Waals surface area contributed by atoms with Crippen molar-refractivity contribution in [2.75, 3.05) is 0 Å². The second-order valence-electron chi connectivity index (χ2n) is 15.4. The first-order valence-corrected chi connectivity index (χ1v) is 20.8. The minimum Gasteiger partial charge on any atom is -0.307 e. The Hall–Kier alpha value is -8.48. The van der Waals surface area contributed by atoms with Crippen molar-refractivity contribution in [3.05, 3.63) is 218 Å². The van der Waals surface area contributed by atoms with Gasteiger partial charge in [-0.3, -0.25) is 4.57 Å². The summed E-state index contributed by atoms with van der Waals surface area (Å²) in [5.74, 6) is 1.70. The van der Waals surface area contributed by atoms with E-state index in [0.717, 1.165) is 88.7 Å². The lowest BCUT2D eigenvalue weighted by Gasteiger charge is -2.16. The molecule has 4 aromatic heterocycles. The summed E-state index contributed by atoms with van der Waals surface area (Å²) in [4.78, 5) is 21.0. The fourth-order valence-corrected chi connectivity index (χ4v) is 8.98. The lowest BCUT2D eigenvalue weighted by atomic mass is 10.0. The smallest absolute Gasteiger partial charge is 0.238 e. The van der Waals surface area contributed by atoms with Gasteiger partial charge in [0.15, 0.2) is 11.6 Å². The van der Waals surface area contributed by atoms with Crippen LogP contribution in [0.25, 0.3) is 112 Å². The van der Waals surface area contributed by atoms with E-state index in [2.05, 4.69) is 191 Å². The SMILES string of the molecule is c1ccc(-c2cccc(-c3cccc(-c4nc(-c5ccccc5)nc(-n5c6ccccc6c6ccc7c8ccccc8n(-c8ccccc8-c8ccccc8)c7c65)n4)c3)n2)cc1. The lowest BCUT2D eigenvalue weighted by Crippen LogP contribution is -2.07. The van der Waals surface area contributed by atoms with Gasteiger partial charge in [-0.2, -0.15) is 9.97 Å². The first kappa shape index (κ1) is 35.5. The van der Waals surface area contributed by atoms with Gasteiger partial charge in [-0.15, -0.1) is 0 Å². The fourth-order valence-electron chi connectivity index (χ4n) is 8.98. The summed E-state index contributed by atoms with van der Waals surface area (Å²) in [6.45, 7) is 0. The van der Waals surface area contributed by atoms with E-state index in [9.17, 15) is 0 Å². The molecule has 0 unspecified atom stereocenters. The van der Waals surface area contributed by atoms with Gasteiger partial charge in [0.05, 0.1) is 39.1 Å². The Morgan fingerprint density at radius 2 is 0.774 bits per heavy atom. The molecule has 0 N–H and O–H groups in total. The summed E-state index contributed by atoms with van der Waals surface area (Å²) in [6, 6.07) is 76.1. The molecule has 0 fully saturated rings. The van der Waals surface area contributed by atoms with E-state index >= 15 is 0 Å². The molecule has 0 radical (unpaired) electrons. The minimum atomic E-state index is 0.537. The number of nitrogens with zero attached hydrogens (tertiary/aromatic N) is 6. The molecule has 0 aliphatic rings. The highest BCUT2D eigenvalue weighted by atomic mass is 15.2. The number of pyridine rings is 1. The maximum absolute atomic E-state index is 5.41. The molecule has 6 nitrogen and oxygen atoms in total. The van der Waals surface area contributed by atoms with E-state index in [1.807, 2.05) is 36.4 Å². The highest BCUT2D eigenvalue weighted by Crippen LogP contribution is 2.43. The fraction of sp³-hybridized carbons (Fsp3) is 0. The van der Waals surface area contributed by atoms with Crippen molar-refractivity contribution in [3.8, 4) is 68.1 Å². The van der Waals surface area contributed by atoms with Gasteiger partial charge in [0.1, 0.15) is 0 Å².